The Morgan fingerprint density at radius 2 is 1.55 bits per heavy atom. The molecule has 0 radical (unpaired) electrons. The first kappa shape index (κ1) is 22.7. The van der Waals surface area contributed by atoms with E-state index in [0.717, 1.165) is 13.0 Å². The minimum absolute atomic E-state index is 0.0135. The number of aliphatic hydroxyl groups excluding tert-OH is 2. The van der Waals surface area contributed by atoms with Gasteiger partial charge < -0.3 is 34.6 Å². The molecule has 2 aliphatic rings. The van der Waals surface area contributed by atoms with Gasteiger partial charge in [0.1, 0.15) is 29.5 Å². The molecule has 0 unspecified atom stereocenters. The van der Waals surface area contributed by atoms with Crippen LogP contribution in [0, 0.1) is 6.92 Å². The van der Waals surface area contributed by atoms with Gasteiger partial charge in [-0.25, -0.2) is 0 Å². The molecule has 1 fully saturated rings. The van der Waals surface area contributed by atoms with Crippen LogP contribution in [0.4, 0.5) is 0 Å². The van der Waals surface area contributed by atoms with Crippen LogP contribution in [0.1, 0.15) is 51.3 Å². The van der Waals surface area contributed by atoms with Gasteiger partial charge in [-0.1, -0.05) is 0 Å². The predicted molar refractivity (Wildman–Crippen MR) is 110 cm³/mol. The van der Waals surface area contributed by atoms with Crippen LogP contribution in [0.2, 0.25) is 0 Å². The molecule has 4 rings (SSSR count). The van der Waals surface area contributed by atoms with Crippen molar-refractivity contribution in [1.29, 1.82) is 0 Å². The fraction of sp³-hybridized carbons (Fsp3) is 0.348. The third kappa shape index (κ3) is 3.82. The summed E-state index contributed by atoms with van der Waals surface area (Å²) in [7, 11) is 0. The summed E-state index contributed by atoms with van der Waals surface area (Å²) in [5.74, 6) is -3.12. The van der Waals surface area contributed by atoms with Crippen molar-refractivity contribution in [2.24, 2.45) is 0 Å². The van der Waals surface area contributed by atoms with Gasteiger partial charge in [-0.15, -0.1) is 0 Å². The average molecular weight is 458 g/mol. The number of rotatable bonds is 3. The lowest BCUT2D eigenvalue weighted by molar-refractivity contribution is -0.273. The van der Waals surface area contributed by atoms with Gasteiger partial charge in [-0.05, 0) is 37.6 Å². The number of esters is 1. The number of aromatic hydroxyl groups is 2. The highest BCUT2D eigenvalue weighted by Crippen LogP contribution is 2.40. The number of benzene rings is 2. The third-order valence-corrected chi connectivity index (χ3v) is 5.64. The molecule has 4 N–H and O–H groups in total. The van der Waals surface area contributed by atoms with Crippen molar-refractivity contribution < 1.29 is 49.0 Å². The van der Waals surface area contributed by atoms with E-state index in [0.29, 0.717) is 5.56 Å². The van der Waals surface area contributed by atoms with Crippen LogP contribution >= 0.6 is 0 Å². The van der Waals surface area contributed by atoms with Gasteiger partial charge in [0, 0.05) is 24.1 Å². The minimum Gasteiger partial charge on any atom is -0.507 e. The first-order valence-electron chi connectivity index (χ1n) is 10.1. The number of hydrogen-bond acceptors (Lipinski definition) is 10. The summed E-state index contributed by atoms with van der Waals surface area (Å²) in [5, 5.41) is 41.1. The molecule has 0 spiro atoms. The summed E-state index contributed by atoms with van der Waals surface area (Å²) in [4.78, 5) is 37.5. The summed E-state index contributed by atoms with van der Waals surface area (Å²) in [6, 6.07) is 5.09. The van der Waals surface area contributed by atoms with Gasteiger partial charge in [0.2, 0.25) is 12.1 Å². The van der Waals surface area contributed by atoms with Gasteiger partial charge in [0.15, 0.2) is 11.9 Å². The van der Waals surface area contributed by atoms with Gasteiger partial charge in [-0.2, -0.15) is 0 Å². The van der Waals surface area contributed by atoms with E-state index in [-0.39, 0.29) is 33.8 Å². The van der Waals surface area contributed by atoms with E-state index < -0.39 is 54.0 Å². The maximum Gasteiger partial charge on any atom is 0.303 e. The molecule has 0 saturated carbocycles. The molecule has 33 heavy (non-hydrogen) atoms. The van der Waals surface area contributed by atoms with Crippen molar-refractivity contribution >= 4 is 17.5 Å². The zero-order chi connectivity index (χ0) is 24.2. The summed E-state index contributed by atoms with van der Waals surface area (Å²) in [6.07, 6.45) is -6.53. The van der Waals surface area contributed by atoms with Gasteiger partial charge in [0.05, 0.1) is 17.2 Å². The lowest BCUT2D eigenvalue weighted by Crippen LogP contribution is -2.59. The van der Waals surface area contributed by atoms with E-state index in [2.05, 4.69) is 0 Å². The fourth-order valence-corrected chi connectivity index (χ4v) is 4.09. The molecule has 1 aliphatic carbocycles. The molecule has 10 heteroatoms. The Bertz CT molecular complexity index is 1170. The highest BCUT2D eigenvalue weighted by atomic mass is 16.7. The molecular formula is C23H22O10. The molecule has 0 amide bonds. The van der Waals surface area contributed by atoms with Crippen molar-refractivity contribution in [2.45, 2.75) is 51.5 Å². The van der Waals surface area contributed by atoms with E-state index in [4.69, 9.17) is 14.2 Å². The van der Waals surface area contributed by atoms with E-state index in [1.807, 2.05) is 0 Å². The molecule has 10 nitrogen and oxygen atoms in total. The van der Waals surface area contributed by atoms with Crippen molar-refractivity contribution in [3.05, 3.63) is 52.1 Å². The predicted octanol–water partition coefficient (Wildman–Crippen LogP) is 0.959. The molecule has 1 saturated heterocycles. The number of hydrogen-bond donors (Lipinski definition) is 4. The number of fused-ring (bicyclic) bond motifs is 2. The van der Waals surface area contributed by atoms with Crippen LogP contribution < -0.4 is 4.74 Å². The van der Waals surface area contributed by atoms with Crippen LogP contribution in [-0.4, -0.2) is 68.7 Å². The van der Waals surface area contributed by atoms with E-state index in [9.17, 15) is 34.8 Å². The van der Waals surface area contributed by atoms with Crippen molar-refractivity contribution in [1.82, 2.24) is 0 Å². The highest BCUT2D eigenvalue weighted by molar-refractivity contribution is 6.30. The van der Waals surface area contributed by atoms with Gasteiger partial charge >= 0.3 is 5.97 Å². The van der Waals surface area contributed by atoms with E-state index >= 15 is 0 Å². The van der Waals surface area contributed by atoms with Crippen LogP contribution in [0.25, 0.3) is 0 Å². The zero-order valence-electron chi connectivity index (χ0n) is 17.9. The van der Waals surface area contributed by atoms with Gasteiger partial charge in [-0.3, -0.25) is 14.4 Å². The lowest BCUT2D eigenvalue weighted by atomic mass is 9.82. The van der Waals surface area contributed by atoms with Crippen LogP contribution in [-0.2, 0) is 14.3 Å². The summed E-state index contributed by atoms with van der Waals surface area (Å²) in [5.41, 5.74) is -0.0855. The zero-order valence-corrected chi connectivity index (χ0v) is 17.9. The Hall–Kier alpha value is -3.47. The summed E-state index contributed by atoms with van der Waals surface area (Å²) in [6.45, 7) is 4.24. The quantitative estimate of drug-likeness (QED) is 0.416. The average Bonchev–Trinajstić information content (AvgIpc) is 2.72. The molecule has 2 aromatic carbocycles. The number of phenolic OH excluding ortho intramolecular Hbond substituents is 2. The molecule has 2 aromatic rings. The normalized spacial score (nSPS) is 26.4. The van der Waals surface area contributed by atoms with Crippen molar-refractivity contribution in [2.75, 3.05) is 0 Å². The molecule has 1 heterocycles. The molecule has 0 aromatic heterocycles. The van der Waals surface area contributed by atoms with E-state index in [1.165, 1.54) is 25.1 Å². The second kappa shape index (κ2) is 8.14. The molecular weight excluding hydrogens is 436 g/mol. The number of phenols is 2. The Balaban J connectivity index is 1.73. The number of carbonyl (C=O) groups excluding carboxylic acids is 3. The number of carbonyl (C=O) groups is 3. The van der Waals surface area contributed by atoms with Gasteiger partial charge in [0.25, 0.3) is 0 Å². The fourth-order valence-electron chi connectivity index (χ4n) is 4.09. The van der Waals surface area contributed by atoms with Crippen LogP contribution in [0.15, 0.2) is 24.3 Å². The SMILES string of the molecule is CC(=O)O[C@H]1[C@H](Oc2cc(O)c3c(c2)C(=O)c2cc(C)cc(O)c2C3=O)O[C@@H](C)[C@H](O)[C@H]1O. The Morgan fingerprint density at radius 3 is 2.18 bits per heavy atom. The molecule has 174 valence electrons. The molecule has 1 aliphatic heterocycles. The first-order valence-corrected chi connectivity index (χ1v) is 10.1. The third-order valence-electron chi connectivity index (χ3n) is 5.64. The largest absolute Gasteiger partial charge is 0.507 e. The lowest BCUT2D eigenvalue weighted by Gasteiger charge is -2.40. The second-order valence-electron chi connectivity index (χ2n) is 8.11. The first-order chi connectivity index (χ1) is 15.5. The van der Waals surface area contributed by atoms with Crippen molar-refractivity contribution in [3.63, 3.8) is 0 Å². The summed E-state index contributed by atoms with van der Waals surface area (Å²) < 4.78 is 16.3. The standard InChI is InChI=1S/C23H22O10/c1-8-4-12-16(14(25)5-8)20(29)17-13(19(12)28)6-11(7-15(17)26)33-23-22(32-10(3)24)21(30)18(27)9(2)31-23/h4-7,9,18,21-23,25-27,30H,1-3H3/t9-,18-,21+,22+,23-/m0/s1. The Kier molecular flexibility index (Phi) is 5.61. The number of ether oxygens (including phenoxy) is 3. The second-order valence-corrected chi connectivity index (χ2v) is 8.11. The van der Waals surface area contributed by atoms with Crippen LogP contribution in [0.5, 0.6) is 17.2 Å². The maximum absolute atomic E-state index is 13.1. The monoisotopic (exact) mass is 458 g/mol. The smallest absolute Gasteiger partial charge is 0.303 e. The maximum atomic E-state index is 13.1. The van der Waals surface area contributed by atoms with Crippen molar-refractivity contribution in [3.8, 4) is 17.2 Å². The number of aryl methyl sites for hydroxylation is 1. The number of ketones is 2. The Labute approximate surface area is 187 Å². The molecule has 0 bridgehead atoms. The summed E-state index contributed by atoms with van der Waals surface area (Å²) >= 11 is 0. The topological polar surface area (TPSA) is 160 Å². The molecule has 5 atom stereocenters. The number of aliphatic hydroxyl groups is 2. The van der Waals surface area contributed by atoms with E-state index in [1.54, 1.807) is 6.92 Å². The highest BCUT2D eigenvalue weighted by Gasteiger charge is 2.46. The minimum atomic E-state index is -1.52. The van der Waals surface area contributed by atoms with Crippen LogP contribution in [0.3, 0.4) is 0 Å². The Morgan fingerprint density at radius 1 is 0.939 bits per heavy atom.